The largest absolute Gasteiger partial charge is 0.507 e. The molecule has 0 bridgehead atoms. The van der Waals surface area contributed by atoms with Gasteiger partial charge in [0.25, 0.3) is 11.7 Å². The summed E-state index contributed by atoms with van der Waals surface area (Å²) < 4.78 is 15.9. The highest BCUT2D eigenvalue weighted by molar-refractivity contribution is 6.51. The fourth-order valence-electron chi connectivity index (χ4n) is 3.97. The number of carbonyl (C=O) groups is 2. The minimum absolute atomic E-state index is 0.00939. The van der Waals surface area contributed by atoms with Gasteiger partial charge >= 0.3 is 0 Å². The molecule has 0 radical (unpaired) electrons. The lowest BCUT2D eigenvalue weighted by Crippen LogP contribution is -2.29. The molecule has 4 rings (SSSR count). The zero-order valence-electron chi connectivity index (χ0n) is 19.1. The number of amides is 1. The molecule has 1 atom stereocenters. The molecule has 1 fully saturated rings. The molecule has 1 aliphatic rings. The van der Waals surface area contributed by atoms with E-state index in [9.17, 15) is 14.7 Å². The van der Waals surface area contributed by atoms with Crippen LogP contribution in [0.2, 0.25) is 0 Å². The van der Waals surface area contributed by atoms with Gasteiger partial charge < -0.3 is 19.3 Å². The fourth-order valence-corrected chi connectivity index (χ4v) is 3.97. The predicted octanol–water partition coefficient (Wildman–Crippen LogP) is 4.73. The maximum absolute atomic E-state index is 13.2. The number of carbonyl (C=O) groups excluding carboxylic acids is 2. The van der Waals surface area contributed by atoms with E-state index in [0.29, 0.717) is 40.7 Å². The van der Waals surface area contributed by atoms with Crippen LogP contribution in [0.4, 0.5) is 5.69 Å². The van der Waals surface area contributed by atoms with E-state index >= 15 is 0 Å². The summed E-state index contributed by atoms with van der Waals surface area (Å²) in [5, 5.41) is 11.2. The van der Waals surface area contributed by atoms with Gasteiger partial charge in [0.2, 0.25) is 0 Å². The summed E-state index contributed by atoms with van der Waals surface area (Å²) in [4.78, 5) is 27.8. The Kier molecular flexibility index (Phi) is 6.54. The molecule has 0 spiro atoms. The molecule has 174 valence electrons. The average molecular weight is 459 g/mol. The van der Waals surface area contributed by atoms with E-state index in [4.69, 9.17) is 14.2 Å². The van der Waals surface area contributed by atoms with Gasteiger partial charge in [-0.15, -0.1) is 0 Å². The predicted molar refractivity (Wildman–Crippen MR) is 128 cm³/mol. The Morgan fingerprint density at radius 2 is 1.35 bits per heavy atom. The van der Waals surface area contributed by atoms with E-state index in [1.807, 2.05) is 6.92 Å². The zero-order valence-corrected chi connectivity index (χ0v) is 19.1. The number of hydrogen-bond donors (Lipinski definition) is 1. The van der Waals surface area contributed by atoms with Crippen molar-refractivity contribution in [1.29, 1.82) is 0 Å². The Morgan fingerprint density at radius 3 is 1.88 bits per heavy atom. The van der Waals surface area contributed by atoms with E-state index in [0.717, 1.165) is 0 Å². The molecule has 34 heavy (non-hydrogen) atoms. The lowest BCUT2D eigenvalue weighted by atomic mass is 9.95. The third-order valence-corrected chi connectivity index (χ3v) is 5.67. The van der Waals surface area contributed by atoms with Crippen LogP contribution in [0.5, 0.6) is 17.2 Å². The summed E-state index contributed by atoms with van der Waals surface area (Å²) in [5.41, 5.74) is 1.59. The Hall–Kier alpha value is -4.26. The van der Waals surface area contributed by atoms with Gasteiger partial charge in [-0.2, -0.15) is 0 Å². The number of nitrogens with zero attached hydrogens (tertiary/aromatic N) is 1. The molecule has 1 saturated heterocycles. The van der Waals surface area contributed by atoms with E-state index in [-0.39, 0.29) is 11.3 Å². The number of Topliss-reactive ketones (excluding diaryl/α,β-unsaturated/α-hetero) is 1. The Labute approximate surface area is 197 Å². The maximum Gasteiger partial charge on any atom is 0.300 e. The standard InChI is InChI=1S/C27H25NO6/c1-4-34-22-13-7-18(8-14-22)25(29)23-24(17-5-11-20(32-2)12-6-17)28(27(31)26(23)30)19-9-15-21(33-3)16-10-19/h5-16,24,29H,4H2,1-3H3/b25-23+. The molecule has 3 aromatic carbocycles. The van der Waals surface area contributed by atoms with Crippen molar-refractivity contribution in [2.24, 2.45) is 0 Å². The van der Waals surface area contributed by atoms with Gasteiger partial charge in [0, 0.05) is 11.3 Å². The summed E-state index contributed by atoms with van der Waals surface area (Å²) in [6.07, 6.45) is 0. The van der Waals surface area contributed by atoms with Gasteiger partial charge in [-0.25, -0.2) is 0 Å². The normalized spacial score (nSPS) is 17.0. The summed E-state index contributed by atoms with van der Waals surface area (Å²) >= 11 is 0. The van der Waals surface area contributed by atoms with Gasteiger partial charge in [-0.05, 0) is 73.2 Å². The van der Waals surface area contributed by atoms with Crippen LogP contribution in [-0.4, -0.2) is 37.6 Å². The summed E-state index contributed by atoms with van der Waals surface area (Å²) in [5.74, 6) is 0.163. The minimum Gasteiger partial charge on any atom is -0.507 e. The van der Waals surface area contributed by atoms with Crippen LogP contribution in [0, 0.1) is 0 Å². The maximum atomic E-state index is 13.2. The van der Waals surface area contributed by atoms with Crippen molar-refractivity contribution >= 4 is 23.1 Å². The summed E-state index contributed by atoms with van der Waals surface area (Å²) in [6.45, 7) is 2.39. The van der Waals surface area contributed by atoms with Crippen LogP contribution in [0.3, 0.4) is 0 Å². The highest BCUT2D eigenvalue weighted by Gasteiger charge is 2.47. The molecular weight excluding hydrogens is 434 g/mol. The molecule has 1 N–H and O–H groups in total. The van der Waals surface area contributed by atoms with Gasteiger partial charge in [-0.3, -0.25) is 14.5 Å². The number of ether oxygens (including phenoxy) is 3. The van der Waals surface area contributed by atoms with Crippen LogP contribution in [0.1, 0.15) is 24.1 Å². The molecule has 1 unspecified atom stereocenters. The van der Waals surface area contributed by atoms with Gasteiger partial charge in [0.15, 0.2) is 0 Å². The molecule has 0 saturated carbocycles. The van der Waals surface area contributed by atoms with Crippen molar-refractivity contribution in [3.05, 3.63) is 89.5 Å². The molecule has 7 nitrogen and oxygen atoms in total. The number of anilines is 1. The number of aliphatic hydroxyl groups is 1. The van der Waals surface area contributed by atoms with Crippen molar-refractivity contribution < 1.29 is 28.9 Å². The average Bonchev–Trinajstić information content (AvgIpc) is 3.14. The van der Waals surface area contributed by atoms with Crippen LogP contribution >= 0.6 is 0 Å². The van der Waals surface area contributed by atoms with Crippen LogP contribution in [0.15, 0.2) is 78.4 Å². The second-order valence-electron chi connectivity index (χ2n) is 7.60. The van der Waals surface area contributed by atoms with Crippen molar-refractivity contribution in [3.63, 3.8) is 0 Å². The molecule has 3 aromatic rings. The highest BCUT2D eigenvalue weighted by Crippen LogP contribution is 2.42. The first-order valence-electron chi connectivity index (χ1n) is 10.8. The topological polar surface area (TPSA) is 85.3 Å². The van der Waals surface area contributed by atoms with E-state index in [2.05, 4.69) is 0 Å². The van der Waals surface area contributed by atoms with Crippen molar-refractivity contribution in [3.8, 4) is 17.2 Å². The number of rotatable bonds is 7. The molecule has 1 amide bonds. The Balaban J connectivity index is 1.86. The van der Waals surface area contributed by atoms with Crippen LogP contribution in [0.25, 0.3) is 5.76 Å². The lowest BCUT2D eigenvalue weighted by Gasteiger charge is -2.25. The lowest BCUT2D eigenvalue weighted by molar-refractivity contribution is -0.132. The van der Waals surface area contributed by atoms with Gasteiger partial charge in [0.1, 0.15) is 23.0 Å². The molecule has 0 aromatic heterocycles. The second kappa shape index (κ2) is 9.70. The van der Waals surface area contributed by atoms with Crippen LogP contribution < -0.4 is 19.1 Å². The number of benzene rings is 3. The highest BCUT2D eigenvalue weighted by atomic mass is 16.5. The van der Waals surface area contributed by atoms with E-state index in [1.54, 1.807) is 87.0 Å². The number of ketones is 1. The first-order chi connectivity index (χ1) is 16.5. The SMILES string of the molecule is CCOc1ccc(/C(O)=C2\C(=O)C(=O)N(c3ccc(OC)cc3)C2c2ccc(OC)cc2)cc1. The first kappa shape index (κ1) is 22.9. The van der Waals surface area contributed by atoms with E-state index < -0.39 is 17.7 Å². The zero-order chi connectivity index (χ0) is 24.2. The minimum atomic E-state index is -0.828. The van der Waals surface area contributed by atoms with Crippen molar-refractivity contribution in [2.45, 2.75) is 13.0 Å². The van der Waals surface area contributed by atoms with Gasteiger partial charge in [0.05, 0.1) is 32.4 Å². The summed E-state index contributed by atoms with van der Waals surface area (Å²) in [7, 11) is 3.11. The van der Waals surface area contributed by atoms with Crippen molar-refractivity contribution in [1.82, 2.24) is 0 Å². The molecule has 1 heterocycles. The Morgan fingerprint density at radius 1 is 0.824 bits per heavy atom. The monoisotopic (exact) mass is 459 g/mol. The number of hydrogen-bond acceptors (Lipinski definition) is 6. The Bertz CT molecular complexity index is 1210. The van der Waals surface area contributed by atoms with Gasteiger partial charge in [-0.1, -0.05) is 12.1 Å². The molecule has 7 heteroatoms. The van der Waals surface area contributed by atoms with Crippen molar-refractivity contribution in [2.75, 3.05) is 25.7 Å². The molecule has 1 aliphatic heterocycles. The smallest absolute Gasteiger partial charge is 0.300 e. The third-order valence-electron chi connectivity index (χ3n) is 5.67. The molecular formula is C27H25NO6. The van der Waals surface area contributed by atoms with Crippen LogP contribution in [-0.2, 0) is 9.59 Å². The second-order valence-corrected chi connectivity index (χ2v) is 7.60. The quantitative estimate of drug-likeness (QED) is 0.312. The first-order valence-corrected chi connectivity index (χ1v) is 10.8. The third kappa shape index (κ3) is 4.20. The fraction of sp³-hybridized carbons (Fsp3) is 0.185. The number of methoxy groups -OCH3 is 2. The molecule has 0 aliphatic carbocycles. The summed E-state index contributed by atoms with van der Waals surface area (Å²) in [6, 6.07) is 19.8. The van der Waals surface area contributed by atoms with E-state index in [1.165, 1.54) is 4.90 Å². The number of aliphatic hydroxyl groups excluding tert-OH is 1.